The molecule has 0 bridgehead atoms. The monoisotopic (exact) mass is 913 g/mol. The second-order valence-corrected chi connectivity index (χ2v) is 18.7. The van der Waals surface area contributed by atoms with Crippen molar-refractivity contribution in [2.45, 2.75) is 39.0 Å². The molecule has 0 atom stereocenters. The van der Waals surface area contributed by atoms with E-state index >= 15 is 0 Å². The molecule has 0 saturated heterocycles. The van der Waals surface area contributed by atoms with Crippen molar-refractivity contribution in [2.24, 2.45) is 0 Å². The summed E-state index contributed by atoms with van der Waals surface area (Å²) < 4.78 is 13.2. The molecule has 0 saturated carbocycles. The first-order valence-electron chi connectivity index (χ1n) is 22.7. The number of hydrogen-bond acceptors (Lipinski definition) is 8. The van der Waals surface area contributed by atoms with Crippen molar-refractivity contribution in [2.75, 3.05) is 23.0 Å². The standard InChI is InChI=1S/C58H47N3O4S2/c1-2-3-4-7-20-43-35-52(36-45(38-59)58(62)63)66-56(43)57-54-53(64-29-30-65-54)55(67-57)44-33-50(60(46-21-8-5-9-22-46)48-27-25-39-16-12-14-18-41(39)31-48)37-51(34-44)61(47-23-10-6-11-24-47)49-28-26-40-17-13-15-19-42(40)32-49/h5-6,8-19,21-28,31-37H,2-4,7,20,29-30H2,1H3,(H,62,63)/b45-36+. The lowest BCUT2D eigenvalue weighted by Crippen LogP contribution is -2.15. The van der Waals surface area contributed by atoms with E-state index in [-0.39, 0.29) is 5.57 Å². The Morgan fingerprint density at radius 2 is 1.12 bits per heavy atom. The smallest absolute Gasteiger partial charge is 0.346 e. The Kier molecular flexibility index (Phi) is 12.6. The molecule has 3 heterocycles. The van der Waals surface area contributed by atoms with E-state index < -0.39 is 5.97 Å². The van der Waals surface area contributed by atoms with Gasteiger partial charge in [0.15, 0.2) is 11.5 Å². The van der Waals surface area contributed by atoms with E-state index in [1.807, 2.05) is 24.3 Å². The van der Waals surface area contributed by atoms with Crippen LogP contribution in [0.3, 0.4) is 0 Å². The van der Waals surface area contributed by atoms with Crippen molar-refractivity contribution in [1.29, 1.82) is 5.26 Å². The van der Waals surface area contributed by atoms with E-state index in [1.165, 1.54) is 28.2 Å². The highest BCUT2D eigenvalue weighted by atomic mass is 32.1. The third kappa shape index (κ3) is 9.02. The van der Waals surface area contributed by atoms with Gasteiger partial charge in [0.05, 0.1) is 14.6 Å². The highest BCUT2D eigenvalue weighted by molar-refractivity contribution is 7.25. The summed E-state index contributed by atoms with van der Waals surface area (Å²) in [5.74, 6) is 0.133. The van der Waals surface area contributed by atoms with Crippen molar-refractivity contribution in [1.82, 2.24) is 0 Å². The van der Waals surface area contributed by atoms with Gasteiger partial charge in [0.25, 0.3) is 0 Å². The second kappa shape index (κ2) is 19.4. The molecular weight excluding hydrogens is 867 g/mol. The normalized spacial score (nSPS) is 12.3. The molecule has 0 amide bonds. The predicted molar refractivity (Wildman–Crippen MR) is 278 cm³/mol. The zero-order valence-corrected chi connectivity index (χ0v) is 38.7. The number of aliphatic carboxylic acids is 1. The minimum absolute atomic E-state index is 0.299. The highest BCUT2D eigenvalue weighted by Gasteiger charge is 2.30. The van der Waals surface area contributed by atoms with Crippen molar-refractivity contribution in [3.8, 4) is 37.8 Å². The first-order valence-corrected chi connectivity index (χ1v) is 24.3. The van der Waals surface area contributed by atoms with Crippen molar-refractivity contribution in [3.63, 3.8) is 0 Å². The van der Waals surface area contributed by atoms with Gasteiger partial charge in [0.1, 0.15) is 24.9 Å². The first-order chi connectivity index (χ1) is 32.9. The molecule has 9 heteroatoms. The number of benzene rings is 7. The third-order valence-electron chi connectivity index (χ3n) is 12.1. The number of nitrogens with zero attached hydrogens (tertiary/aromatic N) is 3. The number of carboxylic acids is 1. The number of rotatable bonds is 15. The second-order valence-electron chi connectivity index (χ2n) is 16.5. The van der Waals surface area contributed by atoms with Gasteiger partial charge in [-0.15, -0.1) is 22.7 Å². The molecule has 0 unspecified atom stereocenters. The number of para-hydroxylation sites is 2. The lowest BCUT2D eigenvalue weighted by atomic mass is 10.0. The molecule has 67 heavy (non-hydrogen) atoms. The third-order valence-corrected chi connectivity index (χ3v) is 14.6. The fourth-order valence-corrected chi connectivity index (χ4v) is 11.4. The quantitative estimate of drug-likeness (QED) is 0.0623. The minimum Gasteiger partial charge on any atom is -0.485 e. The summed E-state index contributed by atoms with van der Waals surface area (Å²) in [5, 5.41) is 24.1. The van der Waals surface area contributed by atoms with Crippen molar-refractivity contribution in [3.05, 3.63) is 186 Å². The number of anilines is 6. The maximum Gasteiger partial charge on any atom is 0.346 e. The number of carboxylic acid groups (broad SMARTS) is 1. The Morgan fingerprint density at radius 3 is 1.66 bits per heavy atom. The van der Waals surface area contributed by atoms with Crippen LogP contribution in [0.1, 0.15) is 43.0 Å². The van der Waals surface area contributed by atoms with Gasteiger partial charge < -0.3 is 24.4 Å². The maximum atomic E-state index is 12.0. The van der Waals surface area contributed by atoms with Crippen LogP contribution in [0.25, 0.3) is 47.8 Å². The first kappa shape index (κ1) is 43.3. The van der Waals surface area contributed by atoms with E-state index in [0.29, 0.717) is 29.6 Å². The molecule has 9 aromatic rings. The Morgan fingerprint density at radius 1 is 0.582 bits per heavy atom. The van der Waals surface area contributed by atoms with Gasteiger partial charge in [-0.1, -0.05) is 123 Å². The summed E-state index contributed by atoms with van der Waals surface area (Å²) in [7, 11) is 0. The summed E-state index contributed by atoms with van der Waals surface area (Å²) in [6, 6.07) is 61.8. The maximum absolute atomic E-state index is 12.0. The molecule has 0 fully saturated rings. The fraction of sp³-hybridized carbons (Fsp3) is 0.138. The van der Waals surface area contributed by atoms with E-state index in [1.54, 1.807) is 11.3 Å². The molecular formula is C58H47N3O4S2. The highest BCUT2D eigenvalue weighted by Crippen LogP contribution is 2.57. The van der Waals surface area contributed by atoms with Gasteiger partial charge in [0, 0.05) is 39.0 Å². The van der Waals surface area contributed by atoms with Crippen LogP contribution in [0.2, 0.25) is 0 Å². The van der Waals surface area contributed by atoms with Crippen LogP contribution in [0.5, 0.6) is 11.5 Å². The number of thiophene rings is 2. The molecule has 330 valence electrons. The molecule has 1 aliphatic rings. The van der Waals surface area contributed by atoms with Gasteiger partial charge in [0.2, 0.25) is 0 Å². The van der Waals surface area contributed by atoms with Gasteiger partial charge in [-0.25, -0.2) is 4.79 Å². The summed E-state index contributed by atoms with van der Waals surface area (Å²) in [6.07, 6.45) is 6.62. The van der Waals surface area contributed by atoms with Crippen LogP contribution in [0, 0.1) is 11.3 Å². The van der Waals surface area contributed by atoms with E-state index in [9.17, 15) is 15.2 Å². The summed E-state index contributed by atoms with van der Waals surface area (Å²) >= 11 is 3.13. The molecule has 10 rings (SSSR count). The lowest BCUT2D eigenvalue weighted by Gasteiger charge is -2.30. The molecule has 0 spiro atoms. The largest absolute Gasteiger partial charge is 0.485 e. The zero-order valence-electron chi connectivity index (χ0n) is 37.0. The summed E-state index contributed by atoms with van der Waals surface area (Å²) in [5.41, 5.74) is 7.72. The van der Waals surface area contributed by atoms with Gasteiger partial charge >= 0.3 is 5.97 Å². The molecule has 7 nitrogen and oxygen atoms in total. The van der Waals surface area contributed by atoms with Crippen LogP contribution in [-0.2, 0) is 11.2 Å². The molecule has 0 aliphatic carbocycles. The minimum atomic E-state index is -1.24. The molecule has 2 aromatic heterocycles. The average molecular weight is 914 g/mol. The Bertz CT molecular complexity index is 3170. The molecule has 0 radical (unpaired) electrons. The number of fused-ring (bicyclic) bond motifs is 3. The predicted octanol–water partition coefficient (Wildman–Crippen LogP) is 16.3. The van der Waals surface area contributed by atoms with E-state index in [0.717, 1.165) is 103 Å². The fourth-order valence-electron chi connectivity index (χ4n) is 8.88. The molecule has 1 aliphatic heterocycles. The SMILES string of the molecule is CCCCCCc1cc(/C=C(\C#N)C(=O)O)sc1-c1sc(-c2cc(N(c3ccccc3)c3ccc4ccccc4c3)cc(N(c3ccccc3)c3ccc4ccccc4c3)c2)c2c1OCCO2. The molecule has 1 N–H and O–H groups in total. The number of carbonyl (C=O) groups is 1. The number of unbranched alkanes of at least 4 members (excludes halogenated alkanes) is 3. The van der Waals surface area contributed by atoms with E-state index in [4.69, 9.17) is 9.47 Å². The van der Waals surface area contributed by atoms with Crippen LogP contribution >= 0.6 is 22.7 Å². The Balaban J connectivity index is 1.22. The Hall–Kier alpha value is -7.64. The lowest BCUT2D eigenvalue weighted by molar-refractivity contribution is -0.132. The van der Waals surface area contributed by atoms with Crippen molar-refractivity contribution < 1.29 is 19.4 Å². The zero-order chi connectivity index (χ0) is 45.7. The summed E-state index contributed by atoms with van der Waals surface area (Å²) in [6.45, 7) is 3.00. The average Bonchev–Trinajstić information content (AvgIpc) is 3.96. The topological polar surface area (TPSA) is 86.0 Å². The number of ether oxygens (including phenoxy) is 2. The Labute approximate surface area is 398 Å². The van der Waals surface area contributed by atoms with Gasteiger partial charge in [-0.2, -0.15) is 5.26 Å². The van der Waals surface area contributed by atoms with Crippen molar-refractivity contribution >= 4 is 90.4 Å². The number of aryl methyl sites for hydroxylation is 1. The summed E-state index contributed by atoms with van der Waals surface area (Å²) in [4.78, 5) is 20.2. The van der Waals surface area contributed by atoms with E-state index in [2.05, 4.69) is 168 Å². The van der Waals surface area contributed by atoms with Gasteiger partial charge in [-0.05, 0) is 124 Å². The number of hydrogen-bond donors (Lipinski definition) is 1. The number of nitriles is 1. The van der Waals surface area contributed by atoms with Crippen LogP contribution in [0.15, 0.2) is 175 Å². The molecule has 7 aromatic carbocycles. The van der Waals surface area contributed by atoms with Gasteiger partial charge in [-0.3, -0.25) is 0 Å². The van der Waals surface area contributed by atoms with Crippen LogP contribution in [0.4, 0.5) is 34.1 Å². The van der Waals surface area contributed by atoms with Crippen LogP contribution in [-0.4, -0.2) is 24.3 Å². The van der Waals surface area contributed by atoms with Crippen LogP contribution < -0.4 is 19.3 Å².